The van der Waals surface area contributed by atoms with Crippen molar-refractivity contribution in [3.63, 3.8) is 0 Å². The second kappa shape index (κ2) is 12.7. The summed E-state index contributed by atoms with van der Waals surface area (Å²) >= 11 is 0. The minimum Gasteiger partial charge on any atom is -0.444 e. The molecule has 0 saturated carbocycles. The van der Waals surface area contributed by atoms with E-state index in [-0.39, 0.29) is 11.8 Å². The molecule has 1 saturated heterocycles. The Labute approximate surface area is 248 Å². The molecule has 4 heterocycles. The zero-order chi connectivity index (χ0) is 30.4. The van der Waals surface area contributed by atoms with Gasteiger partial charge in [0.1, 0.15) is 17.6 Å². The molecular formula is C29H34N10O4. The summed E-state index contributed by atoms with van der Waals surface area (Å²) < 4.78 is 5.51. The van der Waals surface area contributed by atoms with Gasteiger partial charge in [0.15, 0.2) is 0 Å². The fraction of sp³-hybridized carbons (Fsp3) is 0.345. The van der Waals surface area contributed by atoms with Crippen LogP contribution in [0.1, 0.15) is 20.8 Å². The first kappa shape index (κ1) is 29.2. The number of rotatable bonds is 9. The van der Waals surface area contributed by atoms with Crippen molar-refractivity contribution in [2.75, 3.05) is 54.8 Å². The van der Waals surface area contributed by atoms with Gasteiger partial charge in [-0.15, -0.1) is 0 Å². The van der Waals surface area contributed by atoms with Crippen molar-refractivity contribution >= 4 is 29.2 Å². The minimum atomic E-state index is -0.515. The van der Waals surface area contributed by atoms with Crippen LogP contribution in [0.2, 0.25) is 0 Å². The average Bonchev–Trinajstić information content (AvgIpc) is 3.54. The van der Waals surface area contributed by atoms with Crippen LogP contribution in [0.3, 0.4) is 0 Å². The number of nitro groups is 1. The number of carbonyl (C=O) groups is 1. The largest absolute Gasteiger partial charge is 0.444 e. The number of H-pyrrole nitrogens is 1. The second-order valence-corrected chi connectivity index (χ2v) is 10.9. The third-order valence-electron chi connectivity index (χ3n) is 6.69. The highest BCUT2D eigenvalue weighted by atomic mass is 16.6. The van der Waals surface area contributed by atoms with Gasteiger partial charge in [0, 0.05) is 68.3 Å². The van der Waals surface area contributed by atoms with Gasteiger partial charge in [0.05, 0.1) is 28.8 Å². The Morgan fingerprint density at radius 2 is 1.74 bits per heavy atom. The van der Waals surface area contributed by atoms with Crippen molar-refractivity contribution in [2.45, 2.75) is 26.4 Å². The third-order valence-corrected chi connectivity index (χ3v) is 6.69. The summed E-state index contributed by atoms with van der Waals surface area (Å²) in [6.45, 7) is 9.22. The average molecular weight is 587 g/mol. The predicted octanol–water partition coefficient (Wildman–Crippen LogP) is 4.42. The number of pyridine rings is 1. The molecule has 14 heteroatoms. The molecule has 1 aliphatic heterocycles. The van der Waals surface area contributed by atoms with Gasteiger partial charge in [0.2, 0.25) is 5.95 Å². The number of nitrogens with zero attached hydrogens (tertiary/aromatic N) is 7. The molecule has 1 fully saturated rings. The SMILES string of the molecule is CC(C)(C)OC(=O)N1CCN(c2ccc(-c3nc(NCCNc4ccc([N+](=O)[O-])cn4)ncc3-c3cnc[nH]3)cc2)CC1. The van der Waals surface area contributed by atoms with E-state index in [4.69, 9.17) is 9.72 Å². The topological polar surface area (TPSA) is 167 Å². The Morgan fingerprint density at radius 1 is 1.00 bits per heavy atom. The highest BCUT2D eigenvalue weighted by Gasteiger charge is 2.26. The third kappa shape index (κ3) is 7.52. The first-order valence-electron chi connectivity index (χ1n) is 13.9. The molecular weight excluding hydrogens is 552 g/mol. The van der Waals surface area contributed by atoms with Crippen molar-refractivity contribution in [2.24, 2.45) is 0 Å². The number of imidazole rings is 1. The molecule has 0 radical (unpaired) electrons. The van der Waals surface area contributed by atoms with Crippen LogP contribution in [0.25, 0.3) is 22.5 Å². The van der Waals surface area contributed by atoms with E-state index in [1.807, 2.05) is 32.9 Å². The van der Waals surface area contributed by atoms with Crippen molar-refractivity contribution in [1.29, 1.82) is 0 Å². The van der Waals surface area contributed by atoms with Crippen LogP contribution in [0.15, 0.2) is 61.3 Å². The van der Waals surface area contributed by atoms with Crippen LogP contribution in [-0.2, 0) is 4.74 Å². The van der Waals surface area contributed by atoms with Gasteiger partial charge in [-0.3, -0.25) is 10.1 Å². The van der Waals surface area contributed by atoms with Gasteiger partial charge >= 0.3 is 6.09 Å². The lowest BCUT2D eigenvalue weighted by atomic mass is 10.0. The predicted molar refractivity (Wildman–Crippen MR) is 163 cm³/mol. The molecule has 5 rings (SSSR count). The van der Waals surface area contributed by atoms with E-state index >= 15 is 0 Å². The Kier molecular flexibility index (Phi) is 8.64. The number of carbonyl (C=O) groups excluding carboxylic acids is 1. The van der Waals surface area contributed by atoms with E-state index < -0.39 is 10.5 Å². The number of nitrogens with one attached hydrogen (secondary N) is 3. The van der Waals surface area contributed by atoms with E-state index in [1.54, 1.807) is 29.7 Å². The Balaban J connectivity index is 1.24. The molecule has 3 aromatic heterocycles. The summed E-state index contributed by atoms with van der Waals surface area (Å²) in [5, 5.41) is 17.2. The zero-order valence-corrected chi connectivity index (χ0v) is 24.3. The van der Waals surface area contributed by atoms with Gasteiger partial charge in [-0.1, -0.05) is 12.1 Å². The van der Waals surface area contributed by atoms with Gasteiger partial charge in [0.25, 0.3) is 5.69 Å². The van der Waals surface area contributed by atoms with E-state index in [9.17, 15) is 14.9 Å². The van der Waals surface area contributed by atoms with Gasteiger partial charge in [-0.2, -0.15) is 0 Å². The maximum Gasteiger partial charge on any atom is 0.410 e. The maximum atomic E-state index is 12.4. The number of anilines is 3. The Hall–Kier alpha value is -5.27. The van der Waals surface area contributed by atoms with E-state index in [0.717, 1.165) is 28.2 Å². The summed E-state index contributed by atoms with van der Waals surface area (Å²) in [5.41, 5.74) is 3.76. The van der Waals surface area contributed by atoms with Crippen LogP contribution >= 0.6 is 0 Å². The maximum absolute atomic E-state index is 12.4. The standard InChI is InChI=1S/C29H34N10O4/c1-29(2,3)43-28(40)38-14-12-37(13-15-38)21-6-4-20(5-7-21)26-23(24-18-30-19-35-24)17-34-27(36-26)32-11-10-31-25-9-8-22(16-33-25)39(41)42/h4-9,16-19H,10-15H2,1-3H3,(H,30,35)(H,31,33)(H,32,34,36). The first-order chi connectivity index (χ1) is 20.7. The van der Waals surface area contributed by atoms with E-state index in [1.165, 1.54) is 12.3 Å². The van der Waals surface area contributed by atoms with Crippen LogP contribution in [0, 0.1) is 10.1 Å². The summed E-state index contributed by atoms with van der Waals surface area (Å²) in [4.78, 5) is 47.4. The quantitative estimate of drug-likeness (QED) is 0.144. The van der Waals surface area contributed by atoms with Crippen molar-refractivity contribution in [1.82, 2.24) is 29.8 Å². The second-order valence-electron chi connectivity index (χ2n) is 10.9. The molecule has 1 amide bonds. The number of aromatic nitrogens is 5. The zero-order valence-electron chi connectivity index (χ0n) is 24.3. The normalized spacial score (nSPS) is 13.5. The molecule has 43 heavy (non-hydrogen) atoms. The fourth-order valence-electron chi connectivity index (χ4n) is 4.55. The number of amides is 1. The van der Waals surface area contributed by atoms with Gasteiger partial charge in [-0.05, 0) is 39.0 Å². The van der Waals surface area contributed by atoms with Crippen LogP contribution in [-0.4, -0.2) is 85.7 Å². The minimum absolute atomic E-state index is 0.0595. The van der Waals surface area contributed by atoms with Crippen molar-refractivity contribution in [3.05, 3.63) is 71.4 Å². The number of ether oxygens (including phenoxy) is 1. The summed E-state index contributed by atoms with van der Waals surface area (Å²) in [6, 6.07) is 11.2. The van der Waals surface area contributed by atoms with Crippen LogP contribution in [0.4, 0.5) is 27.9 Å². The highest BCUT2D eigenvalue weighted by molar-refractivity contribution is 5.79. The lowest BCUT2D eigenvalue weighted by molar-refractivity contribution is -0.385. The summed E-state index contributed by atoms with van der Waals surface area (Å²) in [6.07, 6.45) is 6.04. The Bertz CT molecular complexity index is 1530. The molecule has 0 aliphatic carbocycles. The van der Waals surface area contributed by atoms with Gasteiger partial charge in [-0.25, -0.2) is 24.7 Å². The molecule has 224 valence electrons. The molecule has 4 aromatic rings. The molecule has 1 aromatic carbocycles. The molecule has 0 bridgehead atoms. The monoisotopic (exact) mass is 586 g/mol. The molecule has 14 nitrogen and oxygen atoms in total. The molecule has 0 atom stereocenters. The number of piperazine rings is 1. The van der Waals surface area contributed by atoms with E-state index in [2.05, 4.69) is 47.6 Å². The van der Waals surface area contributed by atoms with Crippen molar-refractivity contribution < 1.29 is 14.5 Å². The number of hydrogen-bond donors (Lipinski definition) is 3. The lowest BCUT2D eigenvalue weighted by Gasteiger charge is -2.36. The lowest BCUT2D eigenvalue weighted by Crippen LogP contribution is -2.50. The summed E-state index contributed by atoms with van der Waals surface area (Å²) in [5.74, 6) is 0.994. The Morgan fingerprint density at radius 3 is 2.37 bits per heavy atom. The van der Waals surface area contributed by atoms with Gasteiger partial charge < -0.3 is 30.2 Å². The first-order valence-corrected chi connectivity index (χ1v) is 13.9. The summed E-state index contributed by atoms with van der Waals surface area (Å²) in [7, 11) is 0. The smallest absolute Gasteiger partial charge is 0.410 e. The molecule has 0 unspecified atom stereocenters. The fourth-order valence-corrected chi connectivity index (χ4v) is 4.55. The number of benzene rings is 1. The molecule has 0 spiro atoms. The highest BCUT2D eigenvalue weighted by Crippen LogP contribution is 2.31. The van der Waals surface area contributed by atoms with E-state index in [0.29, 0.717) is 51.0 Å². The van der Waals surface area contributed by atoms with Crippen LogP contribution in [0.5, 0.6) is 0 Å². The van der Waals surface area contributed by atoms with Crippen LogP contribution < -0.4 is 15.5 Å². The van der Waals surface area contributed by atoms with Crippen molar-refractivity contribution in [3.8, 4) is 22.5 Å². The number of hydrogen-bond acceptors (Lipinski definition) is 11. The number of aromatic amines is 1. The molecule has 1 aliphatic rings. The molecule has 3 N–H and O–H groups in total.